The molecule has 0 amide bonds. The van der Waals surface area contributed by atoms with Crippen LogP contribution in [0.4, 0.5) is 0 Å². The minimum Gasteiger partial charge on any atom is -0.478 e. The molecule has 0 bridgehead atoms. The molecule has 11 heteroatoms. The van der Waals surface area contributed by atoms with Crippen LogP contribution >= 0.6 is 0 Å². The molecule has 11 nitrogen and oxygen atoms in total. The monoisotopic (exact) mass is 428 g/mol. The van der Waals surface area contributed by atoms with Crippen molar-refractivity contribution in [2.24, 2.45) is 0 Å². The second-order valence-electron chi connectivity index (χ2n) is 4.75. The Bertz CT molecular complexity index is 728. The van der Waals surface area contributed by atoms with E-state index in [2.05, 4.69) is 9.47 Å². The van der Waals surface area contributed by atoms with Crippen LogP contribution in [-0.4, -0.2) is 71.5 Å². The smallest absolute Gasteiger partial charge is 0.337 e. The summed E-state index contributed by atoms with van der Waals surface area (Å²) in [6, 6.07) is 11.1. The molecule has 0 spiro atoms. The van der Waals surface area contributed by atoms with Gasteiger partial charge in [-0.1, -0.05) is 0 Å². The zero-order valence-electron chi connectivity index (χ0n) is 16.4. The predicted molar refractivity (Wildman–Crippen MR) is 105 cm³/mol. The highest BCUT2D eigenvalue weighted by molar-refractivity contribution is 5.93. The van der Waals surface area contributed by atoms with E-state index in [0.29, 0.717) is 11.1 Å². The lowest BCUT2D eigenvalue weighted by Crippen LogP contribution is -2.04. The molecule has 0 saturated heterocycles. The van der Waals surface area contributed by atoms with Crippen molar-refractivity contribution >= 4 is 23.9 Å². The number of ether oxygens (including phenoxy) is 2. The lowest BCUT2D eigenvalue weighted by Gasteiger charge is -2.00. The van der Waals surface area contributed by atoms with E-state index in [-0.39, 0.29) is 22.1 Å². The van der Waals surface area contributed by atoms with Crippen molar-refractivity contribution in [2.75, 3.05) is 21.3 Å². The van der Waals surface area contributed by atoms with Crippen LogP contribution in [0.1, 0.15) is 41.4 Å². The fourth-order valence-corrected chi connectivity index (χ4v) is 1.73. The highest BCUT2D eigenvalue weighted by atomic mass is 16.5. The topological polar surface area (TPSA) is 210 Å². The highest BCUT2D eigenvalue weighted by Crippen LogP contribution is 2.06. The molecule has 166 valence electrons. The number of methoxy groups -OCH3 is 2. The van der Waals surface area contributed by atoms with Crippen LogP contribution in [-0.2, 0) is 9.47 Å². The number of rotatable bonds is 4. The SMILES string of the molecule is CO.COC(=O)c1ccc(C(=O)OC)cc1.O.O.O=C(O)c1ccc(C(=O)O)cc1. The molecule has 2 rings (SSSR count). The van der Waals surface area contributed by atoms with Crippen molar-refractivity contribution < 1.29 is 54.9 Å². The highest BCUT2D eigenvalue weighted by Gasteiger charge is 2.08. The van der Waals surface area contributed by atoms with E-state index in [0.717, 1.165) is 7.11 Å². The third-order valence-electron chi connectivity index (χ3n) is 3.11. The van der Waals surface area contributed by atoms with E-state index in [1.54, 1.807) is 0 Å². The van der Waals surface area contributed by atoms with Crippen molar-refractivity contribution in [3.05, 3.63) is 70.8 Å². The van der Waals surface area contributed by atoms with Gasteiger partial charge in [0.25, 0.3) is 0 Å². The Labute approximate surface area is 171 Å². The van der Waals surface area contributed by atoms with Gasteiger partial charge in [-0.3, -0.25) is 0 Å². The first-order valence-corrected chi connectivity index (χ1v) is 7.58. The third-order valence-corrected chi connectivity index (χ3v) is 3.11. The number of aliphatic hydroxyl groups is 1. The van der Waals surface area contributed by atoms with Crippen molar-refractivity contribution in [1.82, 2.24) is 0 Å². The first-order valence-electron chi connectivity index (χ1n) is 7.58. The molecule has 0 aliphatic carbocycles. The third kappa shape index (κ3) is 9.94. The average molecular weight is 428 g/mol. The number of carbonyl (C=O) groups is 4. The van der Waals surface area contributed by atoms with E-state index < -0.39 is 23.9 Å². The normalized spacial score (nSPS) is 8.27. The van der Waals surface area contributed by atoms with Crippen molar-refractivity contribution in [3.8, 4) is 0 Å². The van der Waals surface area contributed by atoms with Gasteiger partial charge in [0, 0.05) is 7.11 Å². The van der Waals surface area contributed by atoms with Crippen LogP contribution in [0.5, 0.6) is 0 Å². The van der Waals surface area contributed by atoms with Crippen LogP contribution in [0, 0.1) is 0 Å². The maximum Gasteiger partial charge on any atom is 0.337 e. The van der Waals surface area contributed by atoms with Gasteiger partial charge < -0.3 is 35.7 Å². The fraction of sp³-hybridized carbons (Fsp3) is 0.158. The van der Waals surface area contributed by atoms with Gasteiger partial charge in [0.15, 0.2) is 0 Å². The first kappa shape index (κ1) is 30.9. The van der Waals surface area contributed by atoms with Gasteiger partial charge in [0.05, 0.1) is 36.5 Å². The zero-order chi connectivity index (χ0) is 21.7. The quantitative estimate of drug-likeness (QED) is 0.571. The molecule has 0 heterocycles. The largest absolute Gasteiger partial charge is 0.478 e. The van der Waals surface area contributed by atoms with E-state index in [4.69, 9.17) is 15.3 Å². The van der Waals surface area contributed by atoms with Gasteiger partial charge in [-0.05, 0) is 48.5 Å². The second kappa shape index (κ2) is 16.2. The van der Waals surface area contributed by atoms with Crippen LogP contribution < -0.4 is 0 Å². The molecule has 2 aromatic carbocycles. The summed E-state index contributed by atoms with van der Waals surface area (Å²) in [5, 5.41) is 23.9. The van der Waals surface area contributed by atoms with E-state index in [1.165, 1.54) is 62.8 Å². The summed E-state index contributed by atoms with van der Waals surface area (Å²) in [7, 11) is 3.60. The van der Waals surface area contributed by atoms with E-state index in [1.807, 2.05) is 0 Å². The Hall–Kier alpha value is -3.80. The lowest BCUT2D eigenvalue weighted by atomic mass is 10.1. The Morgan fingerprint density at radius 1 is 0.567 bits per heavy atom. The molecule has 7 N–H and O–H groups in total. The van der Waals surface area contributed by atoms with Crippen molar-refractivity contribution in [2.45, 2.75) is 0 Å². The molecule has 0 aliphatic heterocycles. The molecule has 0 unspecified atom stereocenters. The summed E-state index contributed by atoms with van der Waals surface area (Å²) < 4.78 is 9.02. The van der Waals surface area contributed by atoms with Gasteiger partial charge in [-0.15, -0.1) is 0 Å². The Morgan fingerprint density at radius 2 is 0.767 bits per heavy atom. The molecule has 0 fully saturated rings. The van der Waals surface area contributed by atoms with Crippen molar-refractivity contribution in [3.63, 3.8) is 0 Å². The zero-order valence-corrected chi connectivity index (χ0v) is 16.4. The van der Waals surface area contributed by atoms with Crippen LogP contribution in [0.2, 0.25) is 0 Å². The minimum atomic E-state index is -1.06. The van der Waals surface area contributed by atoms with Gasteiger partial charge in [-0.2, -0.15) is 0 Å². The summed E-state index contributed by atoms with van der Waals surface area (Å²) in [6.45, 7) is 0. The lowest BCUT2D eigenvalue weighted by molar-refractivity contribution is 0.0586. The van der Waals surface area contributed by atoms with Crippen LogP contribution in [0.25, 0.3) is 0 Å². The Morgan fingerprint density at radius 3 is 0.933 bits per heavy atom. The van der Waals surface area contributed by atoms with Crippen LogP contribution in [0.15, 0.2) is 48.5 Å². The number of carboxylic acid groups (broad SMARTS) is 2. The maximum atomic E-state index is 11.0. The molecular formula is C19H24O11. The molecule has 0 atom stereocenters. The predicted octanol–water partition coefficient (Wildman–Crippen LogP) is 0.302. The molecule has 2 aromatic rings. The van der Waals surface area contributed by atoms with Crippen LogP contribution in [0.3, 0.4) is 0 Å². The number of benzene rings is 2. The van der Waals surface area contributed by atoms with Gasteiger partial charge >= 0.3 is 23.9 Å². The van der Waals surface area contributed by atoms with Crippen molar-refractivity contribution in [1.29, 1.82) is 0 Å². The molecule has 0 aromatic heterocycles. The summed E-state index contributed by atoms with van der Waals surface area (Å²) in [4.78, 5) is 42.7. The van der Waals surface area contributed by atoms with E-state index in [9.17, 15) is 19.2 Å². The number of carboxylic acids is 2. The molecule has 0 saturated carbocycles. The number of aliphatic hydroxyl groups excluding tert-OH is 1. The fourth-order valence-electron chi connectivity index (χ4n) is 1.73. The maximum absolute atomic E-state index is 11.0. The molecule has 0 aliphatic rings. The second-order valence-corrected chi connectivity index (χ2v) is 4.75. The number of carbonyl (C=O) groups excluding carboxylic acids is 2. The number of hydrogen-bond donors (Lipinski definition) is 3. The first-order chi connectivity index (χ1) is 13.3. The number of hydrogen-bond acceptors (Lipinski definition) is 7. The summed E-state index contributed by atoms with van der Waals surface area (Å²) in [6.07, 6.45) is 0. The minimum absolute atomic E-state index is 0. The van der Waals surface area contributed by atoms with Gasteiger partial charge in [0.1, 0.15) is 0 Å². The van der Waals surface area contributed by atoms with Gasteiger partial charge in [0.2, 0.25) is 0 Å². The average Bonchev–Trinajstić information content (AvgIpc) is 2.74. The number of esters is 2. The summed E-state index contributed by atoms with van der Waals surface area (Å²) in [5.74, 6) is -2.98. The standard InChI is InChI=1S/C10H10O4.C8H6O4.CH4O.2H2O/c1-13-9(11)7-3-5-8(6-4-7)10(12)14-2;9-7(10)5-1-2-6(4-3-5)8(11)12;1-2;;/h3-6H,1-2H3;1-4H,(H,9,10)(H,11,12);2H,1H3;2*1H2. The van der Waals surface area contributed by atoms with Gasteiger partial charge in [-0.25, -0.2) is 19.2 Å². The Balaban J connectivity index is -0.000000426. The summed E-state index contributed by atoms with van der Waals surface area (Å²) >= 11 is 0. The Kier molecular flexibility index (Phi) is 16.7. The molecule has 0 radical (unpaired) electrons. The summed E-state index contributed by atoms with van der Waals surface area (Å²) in [5.41, 5.74) is 0.973. The van der Waals surface area contributed by atoms with E-state index >= 15 is 0 Å². The molecular weight excluding hydrogens is 404 g/mol. The molecule has 30 heavy (non-hydrogen) atoms. The number of aromatic carboxylic acids is 2.